The lowest BCUT2D eigenvalue weighted by Crippen LogP contribution is -2.51. The van der Waals surface area contributed by atoms with Gasteiger partial charge < -0.3 is 14.8 Å². The Morgan fingerprint density at radius 1 is 0.800 bits per heavy atom. The number of aromatic amines is 1. The van der Waals surface area contributed by atoms with E-state index in [9.17, 15) is 18.0 Å². The van der Waals surface area contributed by atoms with Crippen LogP contribution in [0.1, 0.15) is 35.2 Å². The van der Waals surface area contributed by atoms with E-state index in [4.69, 9.17) is 0 Å². The van der Waals surface area contributed by atoms with E-state index < -0.39 is 10.0 Å². The molecule has 3 aromatic rings. The fraction of sp³-hybridized carbons (Fsp3) is 0.385. The third-order valence-electron chi connectivity index (χ3n) is 6.99. The summed E-state index contributed by atoms with van der Waals surface area (Å²) in [5.41, 5.74) is 2.17. The van der Waals surface area contributed by atoms with Gasteiger partial charge in [0.25, 0.3) is 5.91 Å². The first-order valence-corrected chi connectivity index (χ1v) is 13.6. The van der Waals surface area contributed by atoms with Crippen molar-refractivity contribution in [3.8, 4) is 0 Å². The highest BCUT2D eigenvalue weighted by atomic mass is 32.2. The van der Waals surface area contributed by atoms with Crippen LogP contribution in [-0.4, -0.2) is 78.6 Å². The van der Waals surface area contributed by atoms with Gasteiger partial charge in [-0.25, -0.2) is 8.42 Å². The van der Waals surface area contributed by atoms with Crippen LogP contribution in [0.4, 0.5) is 0 Å². The molecule has 0 spiro atoms. The lowest BCUT2D eigenvalue weighted by Gasteiger charge is -2.35. The second kappa shape index (κ2) is 9.83. The van der Waals surface area contributed by atoms with Crippen LogP contribution in [0, 0.1) is 0 Å². The normalized spacial score (nSPS) is 17.6. The summed E-state index contributed by atoms with van der Waals surface area (Å²) in [7, 11) is -3.73. The Morgan fingerprint density at radius 3 is 2.23 bits per heavy atom. The second-order valence-electron chi connectivity index (χ2n) is 9.17. The van der Waals surface area contributed by atoms with Crippen LogP contribution in [0.15, 0.2) is 59.6 Å². The molecular weight excluding hydrogens is 464 g/mol. The van der Waals surface area contributed by atoms with E-state index in [1.807, 2.05) is 30.5 Å². The number of para-hydroxylation sites is 1. The van der Waals surface area contributed by atoms with Gasteiger partial charge in [-0.15, -0.1) is 0 Å². The molecule has 2 saturated heterocycles. The minimum atomic E-state index is -3.73. The van der Waals surface area contributed by atoms with Crippen LogP contribution in [0.25, 0.3) is 10.9 Å². The first-order chi connectivity index (χ1) is 16.9. The highest BCUT2D eigenvalue weighted by molar-refractivity contribution is 7.89. The number of rotatable bonds is 5. The molecule has 2 aliphatic rings. The number of hydrogen-bond acceptors (Lipinski definition) is 4. The van der Waals surface area contributed by atoms with Gasteiger partial charge in [-0.2, -0.15) is 4.31 Å². The third-order valence-corrected chi connectivity index (χ3v) is 8.94. The van der Waals surface area contributed by atoms with E-state index in [0.717, 1.165) is 35.7 Å². The number of H-pyrrole nitrogens is 1. The molecule has 1 N–H and O–H groups in total. The maximum Gasteiger partial charge on any atom is 0.255 e. The van der Waals surface area contributed by atoms with E-state index in [-0.39, 0.29) is 22.3 Å². The summed E-state index contributed by atoms with van der Waals surface area (Å²) in [6.07, 6.45) is 4.88. The van der Waals surface area contributed by atoms with Crippen LogP contribution in [0.3, 0.4) is 0 Å². The minimum absolute atomic E-state index is 0.0231. The van der Waals surface area contributed by atoms with Crippen molar-refractivity contribution >= 4 is 32.7 Å². The van der Waals surface area contributed by atoms with Crippen LogP contribution in [0.2, 0.25) is 0 Å². The van der Waals surface area contributed by atoms with Gasteiger partial charge in [0.1, 0.15) is 0 Å². The molecule has 0 saturated carbocycles. The van der Waals surface area contributed by atoms with Gasteiger partial charge >= 0.3 is 0 Å². The van der Waals surface area contributed by atoms with Crippen LogP contribution in [-0.2, 0) is 21.2 Å². The Bertz CT molecular complexity index is 1340. The number of amides is 2. The number of piperazine rings is 1. The first kappa shape index (κ1) is 23.6. The molecule has 0 bridgehead atoms. The Labute approximate surface area is 205 Å². The molecule has 0 unspecified atom stereocenters. The second-order valence-corrected chi connectivity index (χ2v) is 11.1. The average Bonchev–Trinajstić information content (AvgIpc) is 3.31. The minimum Gasteiger partial charge on any atom is -0.361 e. The molecule has 2 aliphatic heterocycles. The zero-order valence-electron chi connectivity index (χ0n) is 19.7. The van der Waals surface area contributed by atoms with Gasteiger partial charge in [0.05, 0.1) is 16.9 Å². The quantitative estimate of drug-likeness (QED) is 0.590. The van der Waals surface area contributed by atoms with Crippen molar-refractivity contribution in [2.24, 2.45) is 0 Å². The maximum atomic E-state index is 13.4. The van der Waals surface area contributed by atoms with Crippen molar-refractivity contribution in [1.29, 1.82) is 0 Å². The molecule has 8 nitrogen and oxygen atoms in total. The third kappa shape index (κ3) is 4.70. The summed E-state index contributed by atoms with van der Waals surface area (Å²) in [6, 6.07) is 14.4. The lowest BCUT2D eigenvalue weighted by molar-refractivity contribution is -0.131. The number of benzene rings is 2. The monoisotopic (exact) mass is 494 g/mol. The molecule has 1 aromatic heterocycles. The molecular formula is C26H30N4O4S. The Balaban J connectivity index is 1.25. The molecule has 3 heterocycles. The summed E-state index contributed by atoms with van der Waals surface area (Å²) in [6.45, 7) is 2.57. The molecule has 2 fully saturated rings. The van der Waals surface area contributed by atoms with Crippen molar-refractivity contribution in [3.63, 3.8) is 0 Å². The van der Waals surface area contributed by atoms with Crippen LogP contribution >= 0.6 is 0 Å². The van der Waals surface area contributed by atoms with Crippen LogP contribution < -0.4 is 0 Å². The maximum absolute atomic E-state index is 13.4. The fourth-order valence-electron chi connectivity index (χ4n) is 4.99. The molecule has 0 aliphatic carbocycles. The van der Waals surface area contributed by atoms with E-state index in [1.54, 1.807) is 28.0 Å². The predicted octanol–water partition coefficient (Wildman–Crippen LogP) is 2.87. The van der Waals surface area contributed by atoms with Crippen molar-refractivity contribution in [2.75, 3.05) is 39.3 Å². The summed E-state index contributed by atoms with van der Waals surface area (Å²) < 4.78 is 28.1. The van der Waals surface area contributed by atoms with Crippen molar-refractivity contribution in [2.45, 2.75) is 30.6 Å². The Morgan fingerprint density at radius 2 is 1.46 bits per heavy atom. The fourth-order valence-corrected chi connectivity index (χ4v) is 6.70. The Hall–Kier alpha value is -3.17. The van der Waals surface area contributed by atoms with E-state index in [0.29, 0.717) is 45.7 Å². The Kier molecular flexibility index (Phi) is 6.62. The SMILES string of the molecule is O=C(Cc1c[nH]c2ccccc12)N1CCN(C(=O)c2ccccc2S(=O)(=O)N2CCCCC2)CC1. The van der Waals surface area contributed by atoms with Crippen LogP contribution in [0.5, 0.6) is 0 Å². The van der Waals surface area contributed by atoms with Gasteiger partial charge in [0.2, 0.25) is 15.9 Å². The smallest absolute Gasteiger partial charge is 0.255 e. The summed E-state index contributed by atoms with van der Waals surface area (Å²) in [5, 5.41) is 1.04. The standard InChI is InChI=1S/C26H30N4O4S/c31-25(18-20-19-27-23-10-4-2-8-21(20)23)28-14-16-29(17-15-28)26(32)22-9-3-5-11-24(22)35(33,34)30-12-6-1-7-13-30/h2-5,8-11,19,27H,1,6-7,12-18H2. The van der Waals surface area contributed by atoms with Gasteiger partial charge in [-0.3, -0.25) is 9.59 Å². The number of carbonyl (C=O) groups is 2. The highest BCUT2D eigenvalue weighted by Gasteiger charge is 2.32. The summed E-state index contributed by atoms with van der Waals surface area (Å²) in [4.78, 5) is 33.0. The van der Waals surface area contributed by atoms with Gasteiger partial charge in [-0.05, 0) is 36.6 Å². The number of carbonyl (C=O) groups excluding carboxylic acids is 2. The highest BCUT2D eigenvalue weighted by Crippen LogP contribution is 2.25. The summed E-state index contributed by atoms with van der Waals surface area (Å²) >= 11 is 0. The predicted molar refractivity (Wildman–Crippen MR) is 134 cm³/mol. The molecule has 5 rings (SSSR count). The average molecular weight is 495 g/mol. The summed E-state index contributed by atoms with van der Waals surface area (Å²) in [5.74, 6) is -0.278. The van der Waals surface area contributed by atoms with E-state index >= 15 is 0 Å². The zero-order valence-corrected chi connectivity index (χ0v) is 20.5. The first-order valence-electron chi connectivity index (χ1n) is 12.2. The van der Waals surface area contributed by atoms with E-state index in [2.05, 4.69) is 4.98 Å². The molecule has 35 heavy (non-hydrogen) atoms. The van der Waals surface area contributed by atoms with Gasteiger partial charge in [0.15, 0.2) is 0 Å². The number of hydrogen-bond donors (Lipinski definition) is 1. The zero-order chi connectivity index (χ0) is 24.4. The molecule has 0 radical (unpaired) electrons. The number of nitrogens with zero attached hydrogens (tertiary/aromatic N) is 3. The topological polar surface area (TPSA) is 93.8 Å². The van der Waals surface area contributed by atoms with E-state index in [1.165, 1.54) is 10.4 Å². The number of nitrogens with one attached hydrogen (secondary N) is 1. The molecule has 184 valence electrons. The molecule has 9 heteroatoms. The van der Waals surface area contributed by atoms with Gasteiger partial charge in [-0.1, -0.05) is 36.8 Å². The van der Waals surface area contributed by atoms with Crippen molar-refractivity contribution < 1.29 is 18.0 Å². The van der Waals surface area contributed by atoms with Crippen molar-refractivity contribution in [1.82, 2.24) is 19.1 Å². The van der Waals surface area contributed by atoms with Crippen molar-refractivity contribution in [3.05, 3.63) is 65.9 Å². The van der Waals surface area contributed by atoms with Gasteiger partial charge in [0, 0.05) is 56.4 Å². The largest absolute Gasteiger partial charge is 0.361 e. The molecule has 0 atom stereocenters. The molecule has 2 aromatic carbocycles. The lowest BCUT2D eigenvalue weighted by atomic mass is 10.1. The number of fused-ring (bicyclic) bond motifs is 1. The number of aromatic nitrogens is 1. The molecule has 2 amide bonds. The number of sulfonamides is 1. The number of piperidine rings is 1.